The van der Waals surface area contributed by atoms with Crippen LogP contribution in [0.1, 0.15) is 11.1 Å². The highest BCUT2D eigenvalue weighted by atomic mass is 35.5. The quantitative estimate of drug-likeness (QED) is 0.792. The van der Waals surface area contributed by atoms with E-state index in [2.05, 4.69) is 15.0 Å². The van der Waals surface area contributed by atoms with Crippen molar-refractivity contribution >= 4 is 33.1 Å². The van der Waals surface area contributed by atoms with E-state index >= 15 is 0 Å². The summed E-state index contributed by atoms with van der Waals surface area (Å²) < 4.78 is 27.7. The van der Waals surface area contributed by atoms with Crippen molar-refractivity contribution in [2.24, 2.45) is 0 Å². The molecule has 0 atom stereocenters. The van der Waals surface area contributed by atoms with E-state index in [1.807, 2.05) is 12.1 Å². The molecule has 3 rings (SSSR count). The summed E-state index contributed by atoms with van der Waals surface area (Å²) in [5, 5.41) is 3.45. The van der Waals surface area contributed by atoms with Crippen LogP contribution in [0, 0.1) is 0 Å². The Morgan fingerprint density at radius 2 is 2.18 bits per heavy atom. The van der Waals surface area contributed by atoms with Gasteiger partial charge in [0.25, 0.3) is 10.0 Å². The second-order valence-electron chi connectivity index (χ2n) is 5.01. The summed E-state index contributed by atoms with van der Waals surface area (Å²) in [7, 11) is -3.85. The Bertz CT molecular complexity index is 824. The number of rotatable bonds is 3. The molecule has 0 spiro atoms. The third-order valence-electron chi connectivity index (χ3n) is 3.53. The van der Waals surface area contributed by atoms with E-state index in [0.717, 1.165) is 24.1 Å². The van der Waals surface area contributed by atoms with Crippen LogP contribution in [0.25, 0.3) is 0 Å². The Balaban J connectivity index is 2.00. The summed E-state index contributed by atoms with van der Waals surface area (Å²) in [6.07, 6.45) is 2.18. The monoisotopic (exact) mass is 338 g/mol. The molecule has 0 amide bonds. The second-order valence-corrected chi connectivity index (χ2v) is 7.10. The van der Waals surface area contributed by atoms with E-state index in [4.69, 9.17) is 17.3 Å². The molecule has 1 aromatic heterocycles. The average molecular weight is 339 g/mol. The largest absolute Gasteiger partial charge is 0.383 e. The van der Waals surface area contributed by atoms with Gasteiger partial charge in [0.2, 0.25) is 0 Å². The van der Waals surface area contributed by atoms with Crippen molar-refractivity contribution < 1.29 is 8.42 Å². The Labute approximate surface area is 133 Å². The Morgan fingerprint density at radius 3 is 3.00 bits per heavy atom. The number of nitrogens with one attached hydrogen (secondary N) is 2. The summed E-state index contributed by atoms with van der Waals surface area (Å²) >= 11 is 5.82. The molecule has 2 heterocycles. The van der Waals surface area contributed by atoms with Gasteiger partial charge in [-0.15, -0.1) is 0 Å². The molecule has 0 fully saturated rings. The van der Waals surface area contributed by atoms with Crippen molar-refractivity contribution in [2.45, 2.75) is 17.9 Å². The second kappa shape index (κ2) is 5.75. The van der Waals surface area contributed by atoms with Crippen molar-refractivity contribution in [3.8, 4) is 0 Å². The van der Waals surface area contributed by atoms with Crippen LogP contribution in [0.4, 0.5) is 11.5 Å². The lowest BCUT2D eigenvalue weighted by atomic mass is 10.00. The van der Waals surface area contributed by atoms with E-state index in [9.17, 15) is 8.42 Å². The number of anilines is 2. The minimum absolute atomic E-state index is 0.0835. The summed E-state index contributed by atoms with van der Waals surface area (Å²) in [5.41, 5.74) is 8.30. The SMILES string of the molecule is Nc1ncc(Cl)cc1S(=O)(=O)Nc1cccc2c1CNCC2. The molecule has 6 nitrogen and oxygen atoms in total. The van der Waals surface area contributed by atoms with E-state index < -0.39 is 10.0 Å². The van der Waals surface area contributed by atoms with Gasteiger partial charge in [-0.3, -0.25) is 4.72 Å². The van der Waals surface area contributed by atoms with Crippen LogP contribution in [-0.4, -0.2) is 19.9 Å². The topological polar surface area (TPSA) is 97.1 Å². The molecule has 1 aliphatic heterocycles. The van der Waals surface area contributed by atoms with Gasteiger partial charge in [0, 0.05) is 12.7 Å². The number of sulfonamides is 1. The first-order valence-corrected chi connectivity index (χ1v) is 8.59. The average Bonchev–Trinajstić information content (AvgIpc) is 2.50. The summed E-state index contributed by atoms with van der Waals surface area (Å²) in [6, 6.07) is 6.86. The Morgan fingerprint density at radius 1 is 1.36 bits per heavy atom. The molecule has 116 valence electrons. The Hall–Kier alpha value is -1.83. The first-order valence-electron chi connectivity index (χ1n) is 6.73. The number of aromatic nitrogens is 1. The van der Waals surface area contributed by atoms with E-state index in [0.29, 0.717) is 12.2 Å². The lowest BCUT2D eigenvalue weighted by Gasteiger charge is -2.21. The van der Waals surface area contributed by atoms with Crippen LogP contribution >= 0.6 is 11.6 Å². The fraction of sp³-hybridized carbons (Fsp3) is 0.214. The smallest absolute Gasteiger partial charge is 0.265 e. The van der Waals surface area contributed by atoms with E-state index in [1.165, 1.54) is 12.3 Å². The van der Waals surface area contributed by atoms with Crippen LogP contribution in [0.15, 0.2) is 35.4 Å². The molecule has 0 radical (unpaired) electrons. The van der Waals surface area contributed by atoms with Gasteiger partial charge in [0.1, 0.15) is 10.7 Å². The molecule has 2 aromatic rings. The molecule has 22 heavy (non-hydrogen) atoms. The van der Waals surface area contributed by atoms with Crippen molar-refractivity contribution in [2.75, 3.05) is 17.0 Å². The predicted octanol–water partition coefficient (Wildman–Crippen LogP) is 1.76. The van der Waals surface area contributed by atoms with Gasteiger partial charge in [-0.1, -0.05) is 23.7 Å². The van der Waals surface area contributed by atoms with Gasteiger partial charge in [-0.05, 0) is 36.2 Å². The molecule has 0 saturated heterocycles. The van der Waals surface area contributed by atoms with Crippen LogP contribution in [0.5, 0.6) is 0 Å². The molecule has 0 saturated carbocycles. The van der Waals surface area contributed by atoms with Gasteiger partial charge < -0.3 is 11.1 Å². The highest BCUT2D eigenvalue weighted by molar-refractivity contribution is 7.92. The highest BCUT2D eigenvalue weighted by Gasteiger charge is 2.22. The maximum Gasteiger partial charge on any atom is 0.265 e. The molecule has 4 N–H and O–H groups in total. The number of fused-ring (bicyclic) bond motifs is 1. The van der Waals surface area contributed by atoms with E-state index in [1.54, 1.807) is 6.07 Å². The molecule has 8 heteroatoms. The highest BCUT2D eigenvalue weighted by Crippen LogP contribution is 2.27. The molecule has 0 aliphatic carbocycles. The minimum atomic E-state index is -3.85. The minimum Gasteiger partial charge on any atom is -0.383 e. The predicted molar refractivity (Wildman–Crippen MR) is 86.3 cm³/mol. The number of benzene rings is 1. The molecule has 1 aliphatic rings. The summed E-state index contributed by atoms with van der Waals surface area (Å²) in [6.45, 7) is 1.51. The lowest BCUT2D eigenvalue weighted by Crippen LogP contribution is -2.25. The van der Waals surface area contributed by atoms with Gasteiger partial charge in [-0.2, -0.15) is 0 Å². The zero-order chi connectivity index (χ0) is 15.7. The zero-order valence-corrected chi connectivity index (χ0v) is 13.2. The maximum atomic E-state index is 12.6. The normalized spacial score (nSPS) is 14.4. The van der Waals surface area contributed by atoms with Gasteiger partial charge in [-0.25, -0.2) is 13.4 Å². The first kappa shape index (κ1) is 15.1. The number of nitrogens with zero attached hydrogens (tertiary/aromatic N) is 1. The van der Waals surface area contributed by atoms with Gasteiger partial charge >= 0.3 is 0 Å². The van der Waals surface area contributed by atoms with Crippen molar-refractivity contribution in [3.05, 3.63) is 46.6 Å². The Kier molecular flexibility index (Phi) is 3.94. The molecule has 0 unspecified atom stereocenters. The number of nitrogen functional groups attached to an aromatic ring is 1. The summed E-state index contributed by atoms with van der Waals surface area (Å²) in [4.78, 5) is 3.66. The van der Waals surface area contributed by atoms with Crippen molar-refractivity contribution in [1.82, 2.24) is 10.3 Å². The fourth-order valence-corrected chi connectivity index (χ4v) is 3.88. The standard InChI is InChI=1S/C14H15ClN4O2S/c15-10-6-13(14(16)18-7-10)22(20,21)19-12-3-1-2-9-4-5-17-8-11(9)12/h1-3,6-7,17,19H,4-5,8H2,(H2,16,18). The third-order valence-corrected chi connectivity index (χ3v) is 5.13. The van der Waals surface area contributed by atoms with Gasteiger partial charge in [0.15, 0.2) is 0 Å². The van der Waals surface area contributed by atoms with E-state index in [-0.39, 0.29) is 15.7 Å². The maximum absolute atomic E-state index is 12.6. The molecular formula is C14H15ClN4O2S. The summed E-state index contributed by atoms with van der Waals surface area (Å²) in [5.74, 6) is -0.0835. The molecule has 1 aromatic carbocycles. The van der Waals surface area contributed by atoms with Crippen LogP contribution in [0.2, 0.25) is 5.02 Å². The number of nitrogens with two attached hydrogens (primary N) is 1. The number of pyridine rings is 1. The van der Waals surface area contributed by atoms with Crippen LogP contribution in [-0.2, 0) is 23.0 Å². The fourth-order valence-electron chi connectivity index (χ4n) is 2.46. The van der Waals surface area contributed by atoms with Crippen molar-refractivity contribution in [3.63, 3.8) is 0 Å². The lowest BCUT2D eigenvalue weighted by molar-refractivity contribution is 0.600. The van der Waals surface area contributed by atoms with Crippen molar-refractivity contribution in [1.29, 1.82) is 0 Å². The number of hydrogen-bond acceptors (Lipinski definition) is 5. The van der Waals surface area contributed by atoms with Gasteiger partial charge in [0.05, 0.1) is 10.7 Å². The van der Waals surface area contributed by atoms with Crippen LogP contribution < -0.4 is 15.8 Å². The molecular weight excluding hydrogens is 324 g/mol. The third kappa shape index (κ3) is 2.87. The molecule has 0 bridgehead atoms. The first-order chi connectivity index (χ1) is 10.5. The number of halogens is 1. The zero-order valence-electron chi connectivity index (χ0n) is 11.6. The van der Waals surface area contributed by atoms with Crippen LogP contribution in [0.3, 0.4) is 0 Å². The number of hydrogen-bond donors (Lipinski definition) is 3.